The van der Waals surface area contributed by atoms with E-state index in [1.807, 2.05) is 16.9 Å². The molecule has 0 fully saturated rings. The van der Waals surface area contributed by atoms with Gasteiger partial charge in [-0.2, -0.15) is 5.10 Å². The highest BCUT2D eigenvalue weighted by molar-refractivity contribution is 7.88. The number of hydrogen-bond donors (Lipinski definition) is 1. The molecule has 0 bridgehead atoms. The van der Waals surface area contributed by atoms with Crippen LogP contribution in [0.3, 0.4) is 0 Å². The second kappa shape index (κ2) is 6.49. The summed E-state index contributed by atoms with van der Waals surface area (Å²) in [6.45, 7) is 3.76. The minimum Gasteiger partial charge on any atom is -0.292 e. The zero-order chi connectivity index (χ0) is 15.6. The fraction of sp³-hybridized carbons (Fsp3) is 0.500. The van der Waals surface area contributed by atoms with Crippen molar-refractivity contribution < 1.29 is 8.42 Å². The van der Waals surface area contributed by atoms with E-state index in [9.17, 15) is 8.42 Å². The quantitative estimate of drug-likeness (QED) is 0.886. The van der Waals surface area contributed by atoms with Gasteiger partial charge < -0.3 is 0 Å². The van der Waals surface area contributed by atoms with Crippen LogP contribution in [0.2, 0.25) is 0 Å². The van der Waals surface area contributed by atoms with Crippen molar-refractivity contribution in [1.82, 2.24) is 19.4 Å². The molecule has 1 aliphatic heterocycles. The van der Waals surface area contributed by atoms with Crippen molar-refractivity contribution >= 4 is 21.4 Å². The minimum absolute atomic E-state index is 0.204. The Morgan fingerprint density at radius 2 is 2.27 bits per heavy atom. The molecule has 0 aliphatic carbocycles. The lowest BCUT2D eigenvalue weighted by Gasteiger charge is -2.23. The fourth-order valence-electron chi connectivity index (χ4n) is 2.76. The van der Waals surface area contributed by atoms with E-state index in [4.69, 9.17) is 0 Å². The average Bonchev–Trinajstić information content (AvgIpc) is 3.05. The van der Waals surface area contributed by atoms with E-state index in [0.717, 1.165) is 26.2 Å². The molecule has 2 aromatic heterocycles. The SMILES string of the molecule is CS(=O)(=O)NCC1CN(Cc2cccs2)Cc2ccnn2C1. The standard InChI is InChI=1S/C14H20N4O2S2/c1-22(19,20)16-7-12-8-17(11-14-3-2-6-21-14)10-13-4-5-15-18(13)9-12/h2-6,12,16H,7-11H2,1H3. The summed E-state index contributed by atoms with van der Waals surface area (Å²) in [5.41, 5.74) is 1.18. The molecule has 3 rings (SSSR count). The van der Waals surface area contributed by atoms with Crippen LogP contribution in [-0.2, 0) is 29.7 Å². The molecule has 22 heavy (non-hydrogen) atoms. The third-order valence-corrected chi connectivity index (χ3v) is 5.28. The third kappa shape index (κ3) is 4.16. The Morgan fingerprint density at radius 3 is 3.00 bits per heavy atom. The van der Waals surface area contributed by atoms with Gasteiger partial charge in [0.2, 0.25) is 10.0 Å². The Kier molecular flexibility index (Phi) is 4.62. The zero-order valence-corrected chi connectivity index (χ0v) is 14.1. The lowest BCUT2D eigenvalue weighted by atomic mass is 10.1. The zero-order valence-electron chi connectivity index (χ0n) is 12.5. The highest BCUT2D eigenvalue weighted by atomic mass is 32.2. The summed E-state index contributed by atoms with van der Waals surface area (Å²) in [6.07, 6.45) is 3.01. The van der Waals surface area contributed by atoms with Gasteiger partial charge in [-0.05, 0) is 17.5 Å². The maximum atomic E-state index is 11.3. The van der Waals surface area contributed by atoms with Gasteiger partial charge in [-0.15, -0.1) is 11.3 Å². The number of nitrogens with zero attached hydrogens (tertiary/aromatic N) is 3. The smallest absolute Gasteiger partial charge is 0.208 e. The van der Waals surface area contributed by atoms with Crippen LogP contribution >= 0.6 is 11.3 Å². The molecule has 1 N–H and O–H groups in total. The van der Waals surface area contributed by atoms with Crippen LogP contribution < -0.4 is 4.72 Å². The molecule has 0 aromatic carbocycles. The maximum absolute atomic E-state index is 11.3. The van der Waals surface area contributed by atoms with Crippen molar-refractivity contribution in [2.24, 2.45) is 5.92 Å². The van der Waals surface area contributed by atoms with E-state index in [-0.39, 0.29) is 5.92 Å². The van der Waals surface area contributed by atoms with Crippen molar-refractivity contribution in [3.63, 3.8) is 0 Å². The van der Waals surface area contributed by atoms with Gasteiger partial charge in [0.15, 0.2) is 0 Å². The third-order valence-electron chi connectivity index (χ3n) is 3.73. The van der Waals surface area contributed by atoms with Crippen molar-refractivity contribution in [3.05, 3.63) is 40.3 Å². The predicted octanol–water partition coefficient (Wildman–Crippen LogP) is 1.13. The Balaban J connectivity index is 1.74. The second-order valence-electron chi connectivity index (χ2n) is 5.74. The van der Waals surface area contributed by atoms with Gasteiger partial charge in [-0.3, -0.25) is 9.58 Å². The topological polar surface area (TPSA) is 67.2 Å². The van der Waals surface area contributed by atoms with Gasteiger partial charge in [0, 0.05) is 49.7 Å². The Morgan fingerprint density at radius 1 is 1.41 bits per heavy atom. The van der Waals surface area contributed by atoms with Crippen LogP contribution in [-0.4, -0.2) is 42.4 Å². The van der Waals surface area contributed by atoms with E-state index in [2.05, 4.69) is 32.2 Å². The van der Waals surface area contributed by atoms with Crippen LogP contribution in [0.4, 0.5) is 0 Å². The molecular formula is C14H20N4O2S2. The second-order valence-corrected chi connectivity index (χ2v) is 8.61. The molecule has 8 heteroatoms. The molecule has 1 atom stereocenters. The van der Waals surface area contributed by atoms with Gasteiger partial charge >= 0.3 is 0 Å². The van der Waals surface area contributed by atoms with Crippen LogP contribution in [0.25, 0.3) is 0 Å². The fourth-order valence-corrected chi connectivity index (χ4v) is 4.05. The molecule has 0 saturated heterocycles. The molecule has 0 spiro atoms. The van der Waals surface area contributed by atoms with E-state index < -0.39 is 10.0 Å². The van der Waals surface area contributed by atoms with Crippen LogP contribution in [0.15, 0.2) is 29.8 Å². The van der Waals surface area contributed by atoms with Crippen LogP contribution in [0.5, 0.6) is 0 Å². The van der Waals surface area contributed by atoms with E-state index in [1.165, 1.54) is 16.8 Å². The molecule has 3 heterocycles. The summed E-state index contributed by atoms with van der Waals surface area (Å²) >= 11 is 1.75. The number of sulfonamides is 1. The molecule has 0 radical (unpaired) electrons. The van der Waals surface area contributed by atoms with E-state index >= 15 is 0 Å². The average molecular weight is 340 g/mol. The van der Waals surface area contributed by atoms with Crippen molar-refractivity contribution in [2.45, 2.75) is 19.6 Å². The number of fused-ring (bicyclic) bond motifs is 1. The number of aromatic nitrogens is 2. The predicted molar refractivity (Wildman–Crippen MR) is 87.0 cm³/mol. The van der Waals surface area contributed by atoms with Gasteiger partial charge in [-0.1, -0.05) is 6.07 Å². The molecule has 2 aromatic rings. The first kappa shape index (κ1) is 15.7. The van der Waals surface area contributed by atoms with Gasteiger partial charge in [0.05, 0.1) is 11.9 Å². The summed E-state index contributed by atoms with van der Waals surface area (Å²) in [5.74, 6) is 0.204. The van der Waals surface area contributed by atoms with Gasteiger partial charge in [-0.25, -0.2) is 13.1 Å². The number of thiophene rings is 1. The molecule has 1 unspecified atom stereocenters. The lowest BCUT2D eigenvalue weighted by molar-refractivity contribution is 0.223. The first-order valence-corrected chi connectivity index (χ1v) is 9.97. The monoisotopic (exact) mass is 340 g/mol. The minimum atomic E-state index is -3.16. The lowest BCUT2D eigenvalue weighted by Crippen LogP contribution is -2.36. The number of rotatable bonds is 5. The molecule has 6 nitrogen and oxygen atoms in total. The van der Waals surface area contributed by atoms with E-state index in [1.54, 1.807) is 11.3 Å². The number of hydrogen-bond acceptors (Lipinski definition) is 5. The van der Waals surface area contributed by atoms with Crippen molar-refractivity contribution in [3.8, 4) is 0 Å². The summed E-state index contributed by atoms with van der Waals surface area (Å²) < 4.78 is 27.3. The molecular weight excluding hydrogens is 320 g/mol. The van der Waals surface area contributed by atoms with Crippen molar-refractivity contribution in [2.75, 3.05) is 19.3 Å². The molecule has 120 valence electrons. The first-order chi connectivity index (χ1) is 10.5. The van der Waals surface area contributed by atoms with Gasteiger partial charge in [0.1, 0.15) is 0 Å². The van der Waals surface area contributed by atoms with Crippen molar-refractivity contribution in [1.29, 1.82) is 0 Å². The van der Waals surface area contributed by atoms with Gasteiger partial charge in [0.25, 0.3) is 0 Å². The highest BCUT2D eigenvalue weighted by Gasteiger charge is 2.23. The Labute approximate surface area is 134 Å². The van der Waals surface area contributed by atoms with Crippen LogP contribution in [0, 0.1) is 5.92 Å². The molecule has 0 saturated carbocycles. The first-order valence-electron chi connectivity index (χ1n) is 7.20. The summed E-state index contributed by atoms with van der Waals surface area (Å²) in [7, 11) is -3.16. The maximum Gasteiger partial charge on any atom is 0.208 e. The summed E-state index contributed by atoms with van der Waals surface area (Å²) in [5, 5.41) is 6.44. The molecule has 1 aliphatic rings. The Hall–Kier alpha value is -1.22. The highest BCUT2D eigenvalue weighted by Crippen LogP contribution is 2.19. The normalized spacial score (nSPS) is 19.8. The van der Waals surface area contributed by atoms with E-state index in [0.29, 0.717) is 6.54 Å². The number of nitrogens with one attached hydrogen (secondary N) is 1. The summed E-state index contributed by atoms with van der Waals surface area (Å²) in [6, 6.07) is 6.23. The van der Waals surface area contributed by atoms with Crippen LogP contribution in [0.1, 0.15) is 10.6 Å². The summed E-state index contributed by atoms with van der Waals surface area (Å²) in [4.78, 5) is 3.68. The largest absolute Gasteiger partial charge is 0.292 e. The molecule has 0 amide bonds. The Bertz CT molecular complexity index is 709.